The lowest BCUT2D eigenvalue weighted by atomic mass is 10.0. The smallest absolute Gasteiger partial charge is 0.225 e. The third-order valence-electron chi connectivity index (χ3n) is 3.34. The fourth-order valence-electron chi connectivity index (χ4n) is 2.26. The molecule has 1 N–H and O–H groups in total. The normalized spacial score (nSPS) is 11.9. The van der Waals surface area contributed by atoms with E-state index < -0.39 is 0 Å². The van der Waals surface area contributed by atoms with E-state index in [1.54, 1.807) is 18.2 Å². The minimum atomic E-state index is -0.341. The van der Waals surface area contributed by atoms with Crippen molar-refractivity contribution in [3.63, 3.8) is 0 Å². The van der Waals surface area contributed by atoms with E-state index in [1.165, 1.54) is 6.07 Å². The Morgan fingerprint density at radius 1 is 1.15 bits per heavy atom. The van der Waals surface area contributed by atoms with Gasteiger partial charge in [0.05, 0.1) is 12.5 Å². The fraction of sp³-hybridized carbons (Fsp3) is 0.235. The Morgan fingerprint density at radius 2 is 1.80 bits per heavy atom. The fourth-order valence-corrected chi connectivity index (χ4v) is 2.26. The third-order valence-corrected chi connectivity index (χ3v) is 3.34. The molecule has 104 valence electrons. The molecule has 1 amide bonds. The molecule has 0 radical (unpaired) electrons. The molecule has 1 atom stereocenters. The van der Waals surface area contributed by atoms with Crippen molar-refractivity contribution in [3.8, 4) is 0 Å². The molecule has 1 unspecified atom stereocenters. The predicted octanol–water partition coefficient (Wildman–Crippen LogP) is 3.55. The first-order valence-corrected chi connectivity index (χ1v) is 6.66. The highest BCUT2D eigenvalue weighted by atomic mass is 19.1. The SMILES string of the molecule is Cc1ccccc1C(C)NC(=O)Cc1ccccc1F. The number of hydrogen-bond acceptors (Lipinski definition) is 1. The summed E-state index contributed by atoms with van der Waals surface area (Å²) in [6, 6.07) is 14.2. The Balaban J connectivity index is 2.02. The molecule has 0 saturated carbocycles. The molecule has 0 aromatic heterocycles. The maximum Gasteiger partial charge on any atom is 0.225 e. The Hall–Kier alpha value is -2.16. The van der Waals surface area contributed by atoms with Crippen LogP contribution in [0.5, 0.6) is 0 Å². The summed E-state index contributed by atoms with van der Waals surface area (Å²) in [5.74, 6) is -0.517. The number of carbonyl (C=O) groups excluding carboxylic acids is 1. The lowest BCUT2D eigenvalue weighted by molar-refractivity contribution is -0.121. The largest absolute Gasteiger partial charge is 0.349 e. The molecule has 3 heteroatoms. The summed E-state index contributed by atoms with van der Waals surface area (Å²) in [5.41, 5.74) is 2.63. The van der Waals surface area contributed by atoms with Crippen molar-refractivity contribution >= 4 is 5.91 Å². The maximum atomic E-state index is 13.5. The van der Waals surface area contributed by atoms with E-state index in [1.807, 2.05) is 38.1 Å². The highest BCUT2D eigenvalue weighted by Gasteiger charge is 2.13. The van der Waals surface area contributed by atoms with Gasteiger partial charge in [-0.1, -0.05) is 42.5 Å². The highest BCUT2D eigenvalue weighted by molar-refractivity contribution is 5.79. The van der Waals surface area contributed by atoms with Crippen molar-refractivity contribution in [1.82, 2.24) is 5.32 Å². The van der Waals surface area contributed by atoms with Gasteiger partial charge in [0, 0.05) is 0 Å². The molecule has 0 spiro atoms. The third kappa shape index (κ3) is 3.44. The van der Waals surface area contributed by atoms with Crippen LogP contribution in [-0.2, 0) is 11.2 Å². The minimum Gasteiger partial charge on any atom is -0.349 e. The first kappa shape index (κ1) is 14.3. The molecule has 2 nitrogen and oxygen atoms in total. The second-order valence-corrected chi connectivity index (χ2v) is 4.91. The molecule has 0 saturated heterocycles. The van der Waals surface area contributed by atoms with Gasteiger partial charge in [-0.3, -0.25) is 4.79 Å². The van der Waals surface area contributed by atoms with Crippen LogP contribution in [-0.4, -0.2) is 5.91 Å². The number of amides is 1. The topological polar surface area (TPSA) is 29.1 Å². The number of aryl methyl sites for hydroxylation is 1. The molecule has 2 aromatic carbocycles. The zero-order valence-electron chi connectivity index (χ0n) is 11.7. The van der Waals surface area contributed by atoms with Crippen LogP contribution in [0.25, 0.3) is 0 Å². The van der Waals surface area contributed by atoms with E-state index in [-0.39, 0.29) is 24.2 Å². The molecule has 0 heterocycles. The van der Waals surface area contributed by atoms with Crippen molar-refractivity contribution in [2.45, 2.75) is 26.3 Å². The zero-order chi connectivity index (χ0) is 14.5. The first-order valence-electron chi connectivity index (χ1n) is 6.66. The van der Waals surface area contributed by atoms with E-state index >= 15 is 0 Å². The Kier molecular flexibility index (Phi) is 4.51. The molecule has 0 fully saturated rings. The summed E-state index contributed by atoms with van der Waals surface area (Å²) in [6.07, 6.45) is 0.0584. The van der Waals surface area contributed by atoms with Crippen molar-refractivity contribution in [2.75, 3.05) is 0 Å². The maximum absolute atomic E-state index is 13.5. The predicted molar refractivity (Wildman–Crippen MR) is 77.8 cm³/mol. The minimum absolute atomic E-state index is 0.0584. The van der Waals surface area contributed by atoms with Crippen LogP contribution in [0.15, 0.2) is 48.5 Å². The van der Waals surface area contributed by atoms with Gasteiger partial charge in [0.25, 0.3) is 0 Å². The van der Waals surface area contributed by atoms with Crippen LogP contribution < -0.4 is 5.32 Å². The van der Waals surface area contributed by atoms with Crippen LogP contribution in [0.4, 0.5) is 4.39 Å². The van der Waals surface area contributed by atoms with Crippen LogP contribution in [0, 0.1) is 12.7 Å². The van der Waals surface area contributed by atoms with Crippen molar-refractivity contribution in [3.05, 3.63) is 71.0 Å². The standard InChI is InChI=1S/C17H18FNO/c1-12-7-3-5-9-15(12)13(2)19-17(20)11-14-8-4-6-10-16(14)18/h3-10,13H,11H2,1-2H3,(H,19,20). The number of benzene rings is 2. The van der Waals surface area contributed by atoms with E-state index in [9.17, 15) is 9.18 Å². The van der Waals surface area contributed by atoms with Crippen molar-refractivity contribution in [2.24, 2.45) is 0 Å². The van der Waals surface area contributed by atoms with Gasteiger partial charge in [0.2, 0.25) is 5.91 Å². The van der Waals surface area contributed by atoms with Crippen LogP contribution >= 0.6 is 0 Å². The van der Waals surface area contributed by atoms with Crippen LogP contribution in [0.3, 0.4) is 0 Å². The lowest BCUT2D eigenvalue weighted by Gasteiger charge is -2.16. The van der Waals surface area contributed by atoms with E-state index in [2.05, 4.69) is 5.32 Å². The van der Waals surface area contributed by atoms with Gasteiger partial charge in [0.15, 0.2) is 0 Å². The van der Waals surface area contributed by atoms with Crippen LogP contribution in [0.2, 0.25) is 0 Å². The van der Waals surface area contributed by atoms with Crippen molar-refractivity contribution < 1.29 is 9.18 Å². The lowest BCUT2D eigenvalue weighted by Crippen LogP contribution is -2.28. The Bertz CT molecular complexity index is 609. The quantitative estimate of drug-likeness (QED) is 0.905. The second-order valence-electron chi connectivity index (χ2n) is 4.91. The van der Waals surface area contributed by atoms with Crippen LogP contribution in [0.1, 0.15) is 29.7 Å². The monoisotopic (exact) mass is 271 g/mol. The van der Waals surface area contributed by atoms with Gasteiger partial charge in [-0.15, -0.1) is 0 Å². The first-order chi connectivity index (χ1) is 9.58. The molecule has 0 aliphatic carbocycles. The number of halogens is 1. The molecule has 0 bridgehead atoms. The second kappa shape index (κ2) is 6.33. The van der Waals surface area contributed by atoms with Gasteiger partial charge >= 0.3 is 0 Å². The Labute approximate surface area is 118 Å². The van der Waals surface area contributed by atoms with Gasteiger partial charge < -0.3 is 5.32 Å². The summed E-state index contributed by atoms with van der Waals surface area (Å²) in [5, 5.41) is 2.91. The molecule has 2 aromatic rings. The summed E-state index contributed by atoms with van der Waals surface area (Å²) < 4.78 is 13.5. The van der Waals surface area contributed by atoms with Gasteiger partial charge in [-0.05, 0) is 36.6 Å². The summed E-state index contributed by atoms with van der Waals surface area (Å²) in [6.45, 7) is 3.94. The van der Waals surface area contributed by atoms with E-state index in [0.717, 1.165) is 11.1 Å². The number of carbonyl (C=O) groups is 1. The average Bonchev–Trinajstić information content (AvgIpc) is 2.41. The summed E-state index contributed by atoms with van der Waals surface area (Å²) >= 11 is 0. The van der Waals surface area contributed by atoms with E-state index in [4.69, 9.17) is 0 Å². The highest BCUT2D eigenvalue weighted by Crippen LogP contribution is 2.17. The molecule has 0 aliphatic rings. The number of nitrogens with one attached hydrogen (secondary N) is 1. The zero-order valence-corrected chi connectivity index (χ0v) is 11.7. The number of hydrogen-bond donors (Lipinski definition) is 1. The molecular formula is C17H18FNO. The van der Waals surface area contributed by atoms with Gasteiger partial charge in [-0.2, -0.15) is 0 Å². The summed E-state index contributed by atoms with van der Waals surface area (Å²) in [4.78, 5) is 12.0. The average molecular weight is 271 g/mol. The number of rotatable bonds is 4. The van der Waals surface area contributed by atoms with Crippen molar-refractivity contribution in [1.29, 1.82) is 0 Å². The van der Waals surface area contributed by atoms with Gasteiger partial charge in [-0.25, -0.2) is 4.39 Å². The van der Waals surface area contributed by atoms with Gasteiger partial charge in [0.1, 0.15) is 5.82 Å². The van der Waals surface area contributed by atoms with E-state index in [0.29, 0.717) is 5.56 Å². The molecule has 2 rings (SSSR count). The Morgan fingerprint density at radius 3 is 2.50 bits per heavy atom. The molecule has 20 heavy (non-hydrogen) atoms. The molecule has 0 aliphatic heterocycles. The summed E-state index contributed by atoms with van der Waals surface area (Å²) in [7, 11) is 0. The molecular weight excluding hydrogens is 253 g/mol.